The first-order valence-corrected chi connectivity index (χ1v) is 8.43. The summed E-state index contributed by atoms with van der Waals surface area (Å²) >= 11 is 5.26. The highest BCUT2D eigenvalue weighted by atomic mass is 79.9. The molecule has 3 rings (SSSR count). The van der Waals surface area contributed by atoms with Gasteiger partial charge in [-0.1, -0.05) is 34.1 Å². The summed E-state index contributed by atoms with van der Waals surface area (Å²) in [5, 5.41) is 6.82. The molecule has 0 amide bonds. The summed E-state index contributed by atoms with van der Waals surface area (Å²) in [6.07, 6.45) is 0.746. The van der Waals surface area contributed by atoms with Crippen molar-refractivity contribution in [2.75, 3.05) is 7.05 Å². The van der Waals surface area contributed by atoms with Crippen molar-refractivity contribution < 1.29 is 4.39 Å². The van der Waals surface area contributed by atoms with Gasteiger partial charge in [0, 0.05) is 15.2 Å². The van der Waals surface area contributed by atoms with E-state index in [9.17, 15) is 4.39 Å². The first-order chi connectivity index (χ1) is 10.2. The molecule has 0 aliphatic heterocycles. The number of hydrogen-bond acceptors (Lipinski definition) is 2. The highest BCUT2D eigenvalue weighted by molar-refractivity contribution is 9.10. The highest BCUT2D eigenvalue weighted by Gasteiger charge is 2.16. The predicted molar refractivity (Wildman–Crippen MR) is 91.4 cm³/mol. The van der Waals surface area contributed by atoms with Gasteiger partial charge >= 0.3 is 0 Å². The lowest BCUT2D eigenvalue weighted by molar-refractivity contribution is 0.587. The summed E-state index contributed by atoms with van der Waals surface area (Å²) in [6.45, 7) is 0. The Morgan fingerprint density at radius 2 is 2.05 bits per heavy atom. The smallest absolute Gasteiger partial charge is 0.123 e. The molecule has 0 radical (unpaired) electrons. The molecule has 1 nitrogen and oxygen atoms in total. The first kappa shape index (κ1) is 14.7. The van der Waals surface area contributed by atoms with Gasteiger partial charge in [-0.05, 0) is 59.6 Å². The maximum absolute atomic E-state index is 13.5. The molecule has 1 atom stereocenters. The van der Waals surface area contributed by atoms with Gasteiger partial charge in [-0.3, -0.25) is 0 Å². The average Bonchev–Trinajstić information content (AvgIpc) is 2.92. The van der Waals surface area contributed by atoms with Crippen LogP contribution in [-0.4, -0.2) is 7.05 Å². The normalized spacial score (nSPS) is 12.7. The van der Waals surface area contributed by atoms with Crippen LogP contribution in [0.1, 0.15) is 17.2 Å². The summed E-state index contributed by atoms with van der Waals surface area (Å²) in [5.74, 6) is -0.196. The van der Waals surface area contributed by atoms with Crippen LogP contribution in [0.3, 0.4) is 0 Å². The van der Waals surface area contributed by atoms with Crippen molar-refractivity contribution in [1.82, 2.24) is 5.32 Å². The number of rotatable bonds is 4. The zero-order valence-corrected chi connectivity index (χ0v) is 14.0. The van der Waals surface area contributed by atoms with Gasteiger partial charge in [-0.25, -0.2) is 4.39 Å². The number of nitrogens with one attached hydrogen (secondary N) is 1. The van der Waals surface area contributed by atoms with Gasteiger partial charge in [0.05, 0.1) is 0 Å². The van der Waals surface area contributed by atoms with E-state index in [4.69, 9.17) is 0 Å². The minimum atomic E-state index is -0.196. The summed E-state index contributed by atoms with van der Waals surface area (Å²) < 4.78 is 15.7. The molecule has 0 aliphatic carbocycles. The number of hydrogen-bond donors (Lipinski definition) is 1. The van der Waals surface area contributed by atoms with E-state index < -0.39 is 0 Å². The first-order valence-electron chi connectivity index (χ1n) is 6.76. The molecule has 21 heavy (non-hydrogen) atoms. The summed E-state index contributed by atoms with van der Waals surface area (Å²) in [5.41, 5.74) is 2.25. The quantitative estimate of drug-likeness (QED) is 0.662. The Kier molecular flexibility index (Phi) is 4.38. The Bertz CT molecular complexity index is 768. The van der Waals surface area contributed by atoms with Crippen LogP contribution in [-0.2, 0) is 6.42 Å². The van der Waals surface area contributed by atoms with Crippen LogP contribution in [0.5, 0.6) is 0 Å². The molecule has 0 fully saturated rings. The second-order valence-electron chi connectivity index (χ2n) is 4.97. The minimum absolute atomic E-state index is 0.166. The number of thiophene rings is 1. The van der Waals surface area contributed by atoms with Crippen molar-refractivity contribution in [3.8, 4) is 0 Å². The molecule has 0 saturated carbocycles. The average molecular weight is 364 g/mol. The van der Waals surface area contributed by atoms with Crippen LogP contribution >= 0.6 is 27.3 Å². The molecule has 1 unspecified atom stereocenters. The molecular weight excluding hydrogens is 349 g/mol. The molecule has 108 valence electrons. The SMILES string of the molecule is CNC(Cc1cc(F)ccc1Br)c1csc2ccccc12. The Morgan fingerprint density at radius 1 is 1.24 bits per heavy atom. The summed E-state index contributed by atoms with van der Waals surface area (Å²) in [6, 6.07) is 13.4. The lowest BCUT2D eigenvalue weighted by Gasteiger charge is -2.17. The zero-order chi connectivity index (χ0) is 14.8. The third-order valence-electron chi connectivity index (χ3n) is 3.67. The third-order valence-corrected chi connectivity index (χ3v) is 5.42. The topological polar surface area (TPSA) is 12.0 Å². The monoisotopic (exact) mass is 363 g/mol. The van der Waals surface area contributed by atoms with E-state index in [1.165, 1.54) is 21.7 Å². The molecular formula is C17H15BrFNS. The minimum Gasteiger partial charge on any atom is -0.313 e. The molecule has 1 aromatic heterocycles. The van der Waals surface area contributed by atoms with E-state index in [1.54, 1.807) is 23.5 Å². The number of likely N-dealkylation sites (N-methyl/N-ethyl adjacent to an activating group) is 1. The molecule has 1 heterocycles. The fourth-order valence-electron chi connectivity index (χ4n) is 2.56. The molecule has 2 aromatic carbocycles. The van der Waals surface area contributed by atoms with Crippen LogP contribution < -0.4 is 5.32 Å². The summed E-state index contributed by atoms with van der Waals surface area (Å²) in [4.78, 5) is 0. The lowest BCUT2D eigenvalue weighted by atomic mass is 9.98. The van der Waals surface area contributed by atoms with Crippen molar-refractivity contribution in [3.63, 3.8) is 0 Å². The second-order valence-corrected chi connectivity index (χ2v) is 6.73. The number of benzene rings is 2. The van der Waals surface area contributed by atoms with E-state index in [-0.39, 0.29) is 11.9 Å². The van der Waals surface area contributed by atoms with Crippen LogP contribution in [0.15, 0.2) is 52.3 Å². The van der Waals surface area contributed by atoms with Crippen LogP contribution in [0.4, 0.5) is 4.39 Å². The van der Waals surface area contributed by atoms with Crippen molar-refractivity contribution in [3.05, 3.63) is 69.3 Å². The Morgan fingerprint density at radius 3 is 2.86 bits per heavy atom. The van der Waals surface area contributed by atoms with Gasteiger partial charge in [-0.15, -0.1) is 11.3 Å². The number of halogens is 2. The van der Waals surface area contributed by atoms with Crippen LogP contribution in [0, 0.1) is 5.82 Å². The Balaban J connectivity index is 1.97. The highest BCUT2D eigenvalue weighted by Crippen LogP contribution is 2.33. The van der Waals surface area contributed by atoms with Gasteiger partial charge in [0.2, 0.25) is 0 Å². The zero-order valence-electron chi connectivity index (χ0n) is 11.6. The largest absolute Gasteiger partial charge is 0.313 e. The maximum Gasteiger partial charge on any atom is 0.123 e. The van der Waals surface area contributed by atoms with E-state index in [2.05, 4.69) is 50.9 Å². The van der Waals surface area contributed by atoms with Gasteiger partial charge in [0.25, 0.3) is 0 Å². The van der Waals surface area contributed by atoms with Crippen LogP contribution in [0.25, 0.3) is 10.1 Å². The van der Waals surface area contributed by atoms with E-state index >= 15 is 0 Å². The molecule has 0 saturated heterocycles. The van der Waals surface area contributed by atoms with E-state index in [1.807, 2.05) is 7.05 Å². The third kappa shape index (κ3) is 3.03. The predicted octanol–water partition coefficient (Wildman–Crippen LogP) is 5.31. The van der Waals surface area contributed by atoms with E-state index in [0.29, 0.717) is 0 Å². The number of fused-ring (bicyclic) bond motifs is 1. The van der Waals surface area contributed by atoms with Gasteiger partial charge < -0.3 is 5.32 Å². The molecule has 0 aliphatic rings. The standard InChI is InChI=1S/C17H15BrFNS/c1-20-16(9-11-8-12(19)6-7-15(11)18)14-10-21-17-5-3-2-4-13(14)17/h2-8,10,16,20H,9H2,1H3. The van der Waals surface area contributed by atoms with Gasteiger partial charge in [-0.2, -0.15) is 0 Å². The molecule has 1 N–H and O–H groups in total. The molecule has 0 bridgehead atoms. The van der Waals surface area contributed by atoms with Crippen molar-refractivity contribution in [1.29, 1.82) is 0 Å². The fourth-order valence-corrected chi connectivity index (χ4v) is 3.98. The fraction of sp³-hybridized carbons (Fsp3) is 0.176. The molecule has 4 heteroatoms. The van der Waals surface area contributed by atoms with Crippen LogP contribution in [0.2, 0.25) is 0 Å². The summed E-state index contributed by atoms with van der Waals surface area (Å²) in [7, 11) is 1.95. The lowest BCUT2D eigenvalue weighted by Crippen LogP contribution is -2.18. The Labute approximate surface area is 135 Å². The van der Waals surface area contributed by atoms with Crippen molar-refractivity contribution in [2.45, 2.75) is 12.5 Å². The molecule has 3 aromatic rings. The van der Waals surface area contributed by atoms with E-state index in [0.717, 1.165) is 16.5 Å². The van der Waals surface area contributed by atoms with Gasteiger partial charge in [0.1, 0.15) is 5.82 Å². The molecule has 0 spiro atoms. The van der Waals surface area contributed by atoms with Crippen molar-refractivity contribution >= 4 is 37.4 Å². The Hall–Kier alpha value is -1.23. The van der Waals surface area contributed by atoms with Gasteiger partial charge in [0.15, 0.2) is 0 Å². The second kappa shape index (κ2) is 6.26. The van der Waals surface area contributed by atoms with Crippen molar-refractivity contribution in [2.24, 2.45) is 0 Å². The maximum atomic E-state index is 13.5.